The largest absolute Gasteiger partial charge is 0.508 e. The maximum atomic E-state index is 12.7. The fourth-order valence-corrected chi connectivity index (χ4v) is 3.03. The summed E-state index contributed by atoms with van der Waals surface area (Å²) in [6.07, 6.45) is -4.62. The molecular weight excluding hydrogens is 355 g/mol. The van der Waals surface area contributed by atoms with E-state index in [2.05, 4.69) is 4.74 Å². The Morgan fingerprint density at radius 3 is 2.31 bits per heavy atom. The first-order valence-electron chi connectivity index (χ1n) is 7.97. The standard InChI is InChI=1S/C17H18F3NO5/c1-3-12(16(25)26-8-17(18,19)20)13-9(2)14(23)21(15(13)24)10-4-6-11(22)7-5-10/h4-7,9,12-13,22H,3,8H2,1-2H3. The first-order chi connectivity index (χ1) is 12.1. The first kappa shape index (κ1) is 19.7. The second-order valence-electron chi connectivity index (χ2n) is 6.08. The summed E-state index contributed by atoms with van der Waals surface area (Å²) < 4.78 is 41.1. The van der Waals surface area contributed by atoms with Gasteiger partial charge in [-0.15, -0.1) is 0 Å². The van der Waals surface area contributed by atoms with Crippen molar-refractivity contribution in [2.45, 2.75) is 26.4 Å². The minimum absolute atomic E-state index is 0.0497. The summed E-state index contributed by atoms with van der Waals surface area (Å²) in [7, 11) is 0. The predicted octanol–water partition coefficient (Wildman–Crippen LogP) is 2.65. The number of hydrogen-bond acceptors (Lipinski definition) is 5. The third-order valence-corrected chi connectivity index (χ3v) is 4.32. The van der Waals surface area contributed by atoms with Crippen molar-refractivity contribution < 1.29 is 37.4 Å². The lowest BCUT2D eigenvalue weighted by molar-refractivity contribution is -0.190. The summed E-state index contributed by atoms with van der Waals surface area (Å²) in [6.45, 7) is 1.24. The fraction of sp³-hybridized carbons (Fsp3) is 0.471. The van der Waals surface area contributed by atoms with Crippen molar-refractivity contribution in [2.75, 3.05) is 11.5 Å². The normalized spacial score (nSPS) is 21.8. The number of nitrogens with zero attached hydrogens (tertiary/aromatic N) is 1. The molecule has 3 atom stereocenters. The number of carbonyl (C=O) groups is 3. The van der Waals surface area contributed by atoms with Gasteiger partial charge in [0.2, 0.25) is 11.8 Å². The third-order valence-electron chi connectivity index (χ3n) is 4.32. The lowest BCUT2D eigenvalue weighted by Crippen LogP contribution is -2.36. The van der Waals surface area contributed by atoms with Crippen LogP contribution < -0.4 is 4.90 Å². The summed E-state index contributed by atoms with van der Waals surface area (Å²) in [5.41, 5.74) is 0.214. The number of imide groups is 1. The number of phenolic OH excluding ortho intramolecular Hbond substituents is 1. The van der Waals surface area contributed by atoms with Crippen molar-refractivity contribution in [1.29, 1.82) is 0 Å². The molecule has 1 fully saturated rings. The zero-order chi connectivity index (χ0) is 19.6. The number of hydrogen-bond donors (Lipinski definition) is 1. The SMILES string of the molecule is CCC(C(=O)OCC(F)(F)F)C1C(=O)N(c2ccc(O)cc2)C(=O)C1C. The highest BCUT2D eigenvalue weighted by molar-refractivity contribution is 6.22. The Hall–Kier alpha value is -2.58. The van der Waals surface area contributed by atoms with Gasteiger partial charge in [0.15, 0.2) is 6.61 Å². The summed E-state index contributed by atoms with van der Waals surface area (Å²) in [6, 6.07) is 5.32. The van der Waals surface area contributed by atoms with E-state index in [9.17, 15) is 32.7 Å². The summed E-state index contributed by atoms with van der Waals surface area (Å²) in [5.74, 6) is -5.61. The van der Waals surface area contributed by atoms with Gasteiger partial charge in [-0.2, -0.15) is 13.2 Å². The van der Waals surface area contributed by atoms with E-state index in [1.807, 2.05) is 0 Å². The first-order valence-corrected chi connectivity index (χ1v) is 7.97. The van der Waals surface area contributed by atoms with E-state index in [0.29, 0.717) is 0 Å². The minimum Gasteiger partial charge on any atom is -0.508 e. The highest BCUT2D eigenvalue weighted by Crippen LogP contribution is 2.37. The molecule has 9 heteroatoms. The average Bonchev–Trinajstić information content (AvgIpc) is 2.78. The van der Waals surface area contributed by atoms with Crippen LogP contribution in [0.15, 0.2) is 24.3 Å². The summed E-state index contributed by atoms with van der Waals surface area (Å²) in [4.78, 5) is 38.2. The van der Waals surface area contributed by atoms with Gasteiger partial charge in [-0.25, -0.2) is 0 Å². The Morgan fingerprint density at radius 1 is 1.23 bits per heavy atom. The molecule has 1 aliphatic rings. The van der Waals surface area contributed by atoms with Crippen molar-refractivity contribution >= 4 is 23.5 Å². The molecular formula is C17H18F3NO5. The summed E-state index contributed by atoms with van der Waals surface area (Å²) in [5, 5.41) is 9.32. The van der Waals surface area contributed by atoms with E-state index < -0.39 is 48.3 Å². The van der Waals surface area contributed by atoms with E-state index in [1.54, 1.807) is 0 Å². The molecule has 1 heterocycles. The molecule has 26 heavy (non-hydrogen) atoms. The molecule has 6 nitrogen and oxygen atoms in total. The van der Waals surface area contributed by atoms with Gasteiger partial charge in [0, 0.05) is 5.92 Å². The van der Waals surface area contributed by atoms with E-state index in [4.69, 9.17) is 0 Å². The monoisotopic (exact) mass is 373 g/mol. The quantitative estimate of drug-likeness (QED) is 0.634. The van der Waals surface area contributed by atoms with Crippen LogP contribution in [0.4, 0.5) is 18.9 Å². The molecule has 1 aromatic carbocycles. The Morgan fingerprint density at radius 2 is 1.81 bits per heavy atom. The molecule has 2 amide bonds. The number of halogens is 3. The number of aromatic hydroxyl groups is 1. The Kier molecular flexibility index (Phi) is 5.58. The van der Waals surface area contributed by atoms with Crippen LogP contribution in [0.1, 0.15) is 20.3 Å². The molecule has 0 bridgehead atoms. The van der Waals surface area contributed by atoms with E-state index in [1.165, 1.54) is 38.1 Å². The maximum absolute atomic E-state index is 12.7. The molecule has 1 saturated heterocycles. The fourth-order valence-electron chi connectivity index (χ4n) is 3.03. The van der Waals surface area contributed by atoms with Crippen molar-refractivity contribution in [3.8, 4) is 5.75 Å². The minimum atomic E-state index is -4.67. The third kappa shape index (κ3) is 3.97. The zero-order valence-corrected chi connectivity index (χ0v) is 14.1. The van der Waals surface area contributed by atoms with Gasteiger partial charge >= 0.3 is 12.1 Å². The van der Waals surface area contributed by atoms with Crippen LogP contribution in [-0.2, 0) is 19.1 Å². The van der Waals surface area contributed by atoms with Crippen molar-refractivity contribution in [3.63, 3.8) is 0 Å². The van der Waals surface area contributed by atoms with E-state index >= 15 is 0 Å². The molecule has 0 saturated carbocycles. The predicted molar refractivity (Wildman–Crippen MR) is 84.0 cm³/mol. The van der Waals surface area contributed by atoms with Gasteiger partial charge < -0.3 is 9.84 Å². The summed E-state index contributed by atoms with van der Waals surface area (Å²) >= 11 is 0. The molecule has 0 spiro atoms. The lowest BCUT2D eigenvalue weighted by Gasteiger charge is -2.22. The van der Waals surface area contributed by atoms with Gasteiger partial charge in [0.05, 0.1) is 17.5 Å². The van der Waals surface area contributed by atoms with Crippen LogP contribution in [0, 0.1) is 17.8 Å². The zero-order valence-electron chi connectivity index (χ0n) is 14.1. The Bertz CT molecular complexity index is 701. The molecule has 0 aliphatic carbocycles. The number of anilines is 1. The van der Waals surface area contributed by atoms with Gasteiger partial charge in [0.1, 0.15) is 5.75 Å². The Balaban J connectivity index is 2.24. The van der Waals surface area contributed by atoms with Gasteiger partial charge in [-0.1, -0.05) is 13.8 Å². The highest BCUT2D eigenvalue weighted by atomic mass is 19.4. The molecule has 1 aromatic rings. The van der Waals surface area contributed by atoms with E-state index in [0.717, 1.165) is 4.90 Å². The van der Waals surface area contributed by atoms with Crippen LogP contribution >= 0.6 is 0 Å². The maximum Gasteiger partial charge on any atom is 0.422 e. The number of carbonyl (C=O) groups excluding carboxylic acids is 3. The Labute approximate surface area is 147 Å². The molecule has 1 N–H and O–H groups in total. The van der Waals surface area contributed by atoms with Crippen LogP contribution in [0.25, 0.3) is 0 Å². The van der Waals surface area contributed by atoms with Crippen LogP contribution in [-0.4, -0.2) is 35.7 Å². The second-order valence-corrected chi connectivity index (χ2v) is 6.08. The van der Waals surface area contributed by atoms with Crippen molar-refractivity contribution in [3.05, 3.63) is 24.3 Å². The molecule has 142 valence electrons. The van der Waals surface area contributed by atoms with E-state index in [-0.39, 0.29) is 17.9 Å². The molecule has 0 radical (unpaired) electrons. The van der Waals surface area contributed by atoms with Gasteiger partial charge in [-0.3, -0.25) is 19.3 Å². The second kappa shape index (κ2) is 7.35. The number of amides is 2. The highest BCUT2D eigenvalue weighted by Gasteiger charge is 2.51. The lowest BCUT2D eigenvalue weighted by atomic mass is 9.82. The molecule has 0 aromatic heterocycles. The van der Waals surface area contributed by atoms with Crippen molar-refractivity contribution in [1.82, 2.24) is 0 Å². The molecule has 1 aliphatic heterocycles. The molecule has 2 rings (SSSR count). The number of ether oxygens (including phenoxy) is 1. The number of phenols is 1. The average molecular weight is 373 g/mol. The molecule has 3 unspecified atom stereocenters. The number of benzene rings is 1. The number of rotatable bonds is 5. The van der Waals surface area contributed by atoms with Crippen LogP contribution in [0.3, 0.4) is 0 Å². The smallest absolute Gasteiger partial charge is 0.422 e. The number of alkyl halides is 3. The number of esters is 1. The van der Waals surface area contributed by atoms with Crippen LogP contribution in [0.2, 0.25) is 0 Å². The van der Waals surface area contributed by atoms with Gasteiger partial charge in [0.25, 0.3) is 0 Å². The van der Waals surface area contributed by atoms with Gasteiger partial charge in [-0.05, 0) is 30.7 Å². The topological polar surface area (TPSA) is 83.9 Å². The van der Waals surface area contributed by atoms with Crippen molar-refractivity contribution in [2.24, 2.45) is 17.8 Å². The van der Waals surface area contributed by atoms with Crippen LogP contribution in [0.5, 0.6) is 5.75 Å².